The van der Waals surface area contributed by atoms with E-state index >= 15 is 0 Å². The van der Waals surface area contributed by atoms with Crippen molar-refractivity contribution in [3.63, 3.8) is 0 Å². The summed E-state index contributed by atoms with van der Waals surface area (Å²) in [6, 6.07) is 4.00. The summed E-state index contributed by atoms with van der Waals surface area (Å²) >= 11 is 1.63. The Morgan fingerprint density at radius 3 is 2.67 bits per heavy atom. The average molecular weight is 225 g/mol. The Bertz CT molecular complexity index is 314. The van der Waals surface area contributed by atoms with Crippen LogP contribution >= 0.6 is 11.3 Å². The molecule has 1 amide bonds. The third kappa shape index (κ3) is 3.06. The molecule has 1 heterocycles. The lowest BCUT2D eigenvalue weighted by atomic mass is 9.90. The first kappa shape index (κ1) is 12.2. The third-order valence-corrected chi connectivity index (χ3v) is 3.57. The highest BCUT2D eigenvalue weighted by Crippen LogP contribution is 2.27. The van der Waals surface area contributed by atoms with Crippen LogP contribution in [0.2, 0.25) is 0 Å². The molecule has 0 atom stereocenters. The molecule has 0 saturated heterocycles. The molecule has 3 heteroatoms. The maximum absolute atomic E-state index is 12.0. The standard InChI is InChI=1S/C12H19NOS/c1-9(2)8-13-11(14)12(3,4)10-6-5-7-15-10/h5-7,9H,8H2,1-4H3,(H,13,14). The third-order valence-electron chi connectivity index (χ3n) is 2.38. The van der Waals surface area contributed by atoms with E-state index in [2.05, 4.69) is 19.2 Å². The maximum atomic E-state index is 12.0. The van der Waals surface area contributed by atoms with Gasteiger partial charge in [-0.05, 0) is 31.2 Å². The highest BCUT2D eigenvalue weighted by Gasteiger charge is 2.30. The van der Waals surface area contributed by atoms with Gasteiger partial charge in [0.05, 0.1) is 5.41 Å². The number of hydrogen-bond donors (Lipinski definition) is 1. The summed E-state index contributed by atoms with van der Waals surface area (Å²) in [5.41, 5.74) is -0.414. The quantitative estimate of drug-likeness (QED) is 0.838. The summed E-state index contributed by atoms with van der Waals surface area (Å²) in [4.78, 5) is 13.1. The molecule has 1 N–H and O–H groups in total. The van der Waals surface area contributed by atoms with E-state index in [0.717, 1.165) is 11.4 Å². The van der Waals surface area contributed by atoms with E-state index in [0.29, 0.717) is 5.92 Å². The molecule has 1 aromatic rings. The van der Waals surface area contributed by atoms with E-state index in [9.17, 15) is 4.79 Å². The number of hydrogen-bond acceptors (Lipinski definition) is 2. The van der Waals surface area contributed by atoms with Crippen LogP contribution < -0.4 is 5.32 Å². The van der Waals surface area contributed by atoms with Gasteiger partial charge in [-0.25, -0.2) is 0 Å². The van der Waals surface area contributed by atoms with Gasteiger partial charge in [0, 0.05) is 11.4 Å². The molecule has 0 radical (unpaired) electrons. The van der Waals surface area contributed by atoms with E-state index in [4.69, 9.17) is 0 Å². The zero-order chi connectivity index (χ0) is 11.5. The molecule has 0 aliphatic rings. The van der Waals surface area contributed by atoms with Gasteiger partial charge in [-0.3, -0.25) is 4.79 Å². The fourth-order valence-corrected chi connectivity index (χ4v) is 2.11. The normalized spacial score (nSPS) is 11.8. The minimum atomic E-state index is -0.414. The first-order valence-corrected chi connectivity index (χ1v) is 6.15. The average Bonchev–Trinajstić information content (AvgIpc) is 2.66. The molecule has 15 heavy (non-hydrogen) atoms. The van der Waals surface area contributed by atoms with E-state index in [1.807, 2.05) is 31.4 Å². The van der Waals surface area contributed by atoms with Gasteiger partial charge >= 0.3 is 0 Å². The van der Waals surface area contributed by atoms with Crippen LogP contribution in [0.15, 0.2) is 17.5 Å². The summed E-state index contributed by atoms with van der Waals surface area (Å²) < 4.78 is 0. The Balaban J connectivity index is 2.66. The van der Waals surface area contributed by atoms with Crippen LogP contribution in [-0.4, -0.2) is 12.5 Å². The molecular formula is C12H19NOS. The topological polar surface area (TPSA) is 29.1 Å². The molecule has 0 unspecified atom stereocenters. The van der Waals surface area contributed by atoms with Crippen molar-refractivity contribution in [1.29, 1.82) is 0 Å². The summed E-state index contributed by atoms with van der Waals surface area (Å²) in [6.07, 6.45) is 0. The maximum Gasteiger partial charge on any atom is 0.230 e. The molecule has 1 rings (SSSR count). The Morgan fingerprint density at radius 2 is 2.20 bits per heavy atom. The van der Waals surface area contributed by atoms with Crippen LogP contribution in [0.25, 0.3) is 0 Å². The van der Waals surface area contributed by atoms with Gasteiger partial charge in [0.1, 0.15) is 0 Å². The van der Waals surface area contributed by atoms with Crippen LogP contribution in [0.1, 0.15) is 32.6 Å². The van der Waals surface area contributed by atoms with Gasteiger partial charge in [-0.1, -0.05) is 19.9 Å². The Labute approximate surface area is 95.7 Å². The van der Waals surface area contributed by atoms with Gasteiger partial charge in [0.25, 0.3) is 0 Å². The minimum absolute atomic E-state index is 0.110. The predicted octanol–water partition coefficient (Wildman–Crippen LogP) is 2.80. The van der Waals surface area contributed by atoms with E-state index in [-0.39, 0.29) is 5.91 Å². The Morgan fingerprint density at radius 1 is 1.53 bits per heavy atom. The second-order valence-electron chi connectivity index (χ2n) is 4.71. The Hall–Kier alpha value is -0.830. The summed E-state index contributed by atoms with van der Waals surface area (Å²) in [5.74, 6) is 0.603. The van der Waals surface area contributed by atoms with Crippen LogP contribution in [-0.2, 0) is 10.2 Å². The first-order valence-electron chi connectivity index (χ1n) is 5.27. The fourth-order valence-electron chi connectivity index (χ4n) is 1.26. The smallest absolute Gasteiger partial charge is 0.230 e. The molecule has 0 aliphatic carbocycles. The van der Waals surface area contributed by atoms with E-state index in [1.54, 1.807) is 11.3 Å². The van der Waals surface area contributed by atoms with Gasteiger partial charge in [-0.15, -0.1) is 11.3 Å². The largest absolute Gasteiger partial charge is 0.355 e. The second-order valence-corrected chi connectivity index (χ2v) is 5.65. The number of amides is 1. The fraction of sp³-hybridized carbons (Fsp3) is 0.583. The number of rotatable bonds is 4. The minimum Gasteiger partial charge on any atom is -0.355 e. The molecule has 0 fully saturated rings. The zero-order valence-corrected chi connectivity index (χ0v) is 10.6. The highest BCUT2D eigenvalue weighted by molar-refractivity contribution is 7.10. The van der Waals surface area contributed by atoms with Crippen molar-refractivity contribution >= 4 is 17.2 Å². The van der Waals surface area contributed by atoms with E-state index < -0.39 is 5.41 Å². The molecule has 0 saturated carbocycles. The molecule has 2 nitrogen and oxygen atoms in total. The van der Waals surface area contributed by atoms with Gasteiger partial charge in [-0.2, -0.15) is 0 Å². The highest BCUT2D eigenvalue weighted by atomic mass is 32.1. The molecule has 84 valence electrons. The van der Waals surface area contributed by atoms with Crippen molar-refractivity contribution < 1.29 is 4.79 Å². The van der Waals surface area contributed by atoms with Crippen molar-refractivity contribution in [3.05, 3.63) is 22.4 Å². The number of thiophene rings is 1. The van der Waals surface area contributed by atoms with Crippen molar-refractivity contribution in [2.45, 2.75) is 33.1 Å². The second kappa shape index (κ2) is 4.79. The zero-order valence-electron chi connectivity index (χ0n) is 9.83. The van der Waals surface area contributed by atoms with Gasteiger partial charge < -0.3 is 5.32 Å². The summed E-state index contributed by atoms with van der Waals surface area (Å²) in [5, 5.41) is 4.99. The van der Waals surface area contributed by atoms with Gasteiger partial charge in [0.15, 0.2) is 0 Å². The molecule has 0 aliphatic heterocycles. The molecular weight excluding hydrogens is 206 g/mol. The monoisotopic (exact) mass is 225 g/mol. The number of carbonyl (C=O) groups is 1. The van der Waals surface area contributed by atoms with Crippen molar-refractivity contribution in [2.75, 3.05) is 6.54 Å². The van der Waals surface area contributed by atoms with E-state index in [1.165, 1.54) is 0 Å². The van der Waals surface area contributed by atoms with Crippen LogP contribution in [0.3, 0.4) is 0 Å². The van der Waals surface area contributed by atoms with Crippen molar-refractivity contribution in [3.8, 4) is 0 Å². The number of carbonyl (C=O) groups excluding carboxylic acids is 1. The lowest BCUT2D eigenvalue weighted by Crippen LogP contribution is -2.41. The SMILES string of the molecule is CC(C)CNC(=O)C(C)(C)c1cccs1. The predicted molar refractivity (Wildman–Crippen MR) is 65.2 cm³/mol. The lowest BCUT2D eigenvalue weighted by molar-refractivity contribution is -0.125. The van der Waals surface area contributed by atoms with Crippen LogP contribution in [0, 0.1) is 5.92 Å². The van der Waals surface area contributed by atoms with Crippen LogP contribution in [0.5, 0.6) is 0 Å². The molecule has 0 aromatic carbocycles. The van der Waals surface area contributed by atoms with Crippen molar-refractivity contribution in [2.24, 2.45) is 5.92 Å². The first-order chi connectivity index (χ1) is 6.94. The molecule has 0 bridgehead atoms. The van der Waals surface area contributed by atoms with Crippen molar-refractivity contribution in [1.82, 2.24) is 5.32 Å². The van der Waals surface area contributed by atoms with Crippen LogP contribution in [0.4, 0.5) is 0 Å². The lowest BCUT2D eigenvalue weighted by Gasteiger charge is -2.22. The summed E-state index contributed by atoms with van der Waals surface area (Å²) in [6.45, 7) is 8.87. The van der Waals surface area contributed by atoms with Gasteiger partial charge in [0.2, 0.25) is 5.91 Å². The molecule has 1 aromatic heterocycles. The summed E-state index contributed by atoms with van der Waals surface area (Å²) in [7, 11) is 0. The Kier molecular flexibility index (Phi) is 3.91. The number of nitrogens with one attached hydrogen (secondary N) is 1. The molecule has 0 spiro atoms.